The summed E-state index contributed by atoms with van der Waals surface area (Å²) in [5.74, 6) is 0. The van der Waals surface area contributed by atoms with Gasteiger partial charge in [-0.1, -0.05) is 122 Å². The molecule has 0 bridgehead atoms. The van der Waals surface area contributed by atoms with Crippen LogP contribution in [0.3, 0.4) is 0 Å². The Morgan fingerprint density at radius 1 is 0.545 bits per heavy atom. The number of aliphatic imine (C=N–C) groups is 1. The molecule has 192 valence electrons. The van der Waals surface area contributed by atoms with Gasteiger partial charge in [0.2, 0.25) is 0 Å². The Morgan fingerprint density at radius 3 is 1.21 bits per heavy atom. The van der Waals surface area contributed by atoms with Crippen molar-refractivity contribution in [1.82, 2.24) is 4.23 Å². The predicted octanol–water partition coefficient (Wildman–Crippen LogP) is 9.58. The Labute approximate surface area is 210 Å². The van der Waals surface area contributed by atoms with Crippen LogP contribution in [-0.2, 0) is 0 Å². The fourth-order valence-electron chi connectivity index (χ4n) is 9.27. The fourth-order valence-corrected chi connectivity index (χ4v) is 35.5. The molecule has 2 saturated carbocycles. The lowest BCUT2D eigenvalue weighted by atomic mass is 9.96. The van der Waals surface area contributed by atoms with Crippen molar-refractivity contribution >= 4 is 21.4 Å². The standard InChI is InChI=1S/C29H58N2Si2/c1-26(2,3)32(27(4,5)6)25(30-23-19-15-13-16-20-23)33(28(7,8)9,29(10,11)12)31(32)24-21-17-14-18-22-24/h23-24H,13-22H2,1-12H3. The van der Waals surface area contributed by atoms with E-state index in [1.807, 2.05) is 4.96 Å². The van der Waals surface area contributed by atoms with Gasteiger partial charge in [-0.3, -0.25) is 4.99 Å². The smallest absolute Gasteiger partial charge is 0.178 e. The molecule has 0 amide bonds. The topological polar surface area (TPSA) is 15.6 Å². The lowest BCUT2D eigenvalue weighted by Gasteiger charge is -2.80. The van der Waals surface area contributed by atoms with Gasteiger partial charge in [0.05, 0.1) is 0 Å². The van der Waals surface area contributed by atoms with Gasteiger partial charge >= 0.3 is 0 Å². The maximum Gasteiger partial charge on any atom is 0.178 e. The van der Waals surface area contributed by atoms with Crippen molar-refractivity contribution in [3.63, 3.8) is 0 Å². The molecule has 0 unspecified atom stereocenters. The normalized spacial score (nSPS) is 26.2. The third kappa shape index (κ3) is 4.10. The van der Waals surface area contributed by atoms with Crippen LogP contribution in [0.5, 0.6) is 0 Å². The van der Waals surface area contributed by atoms with Crippen LogP contribution in [0.2, 0.25) is 20.2 Å². The zero-order valence-corrected chi connectivity index (χ0v) is 26.6. The molecule has 0 aromatic heterocycles. The van der Waals surface area contributed by atoms with E-state index in [-0.39, 0.29) is 20.2 Å². The molecular weight excluding hydrogens is 433 g/mol. The molecule has 0 atom stereocenters. The molecule has 1 heterocycles. The molecule has 0 aromatic carbocycles. The Kier molecular flexibility index (Phi) is 7.43. The van der Waals surface area contributed by atoms with Crippen molar-refractivity contribution in [2.24, 2.45) is 4.99 Å². The molecule has 2 aliphatic carbocycles. The van der Waals surface area contributed by atoms with Crippen LogP contribution < -0.4 is 0 Å². The predicted molar refractivity (Wildman–Crippen MR) is 153 cm³/mol. The lowest BCUT2D eigenvalue weighted by Crippen LogP contribution is -2.98. The van der Waals surface area contributed by atoms with E-state index in [1.54, 1.807) is 0 Å². The highest BCUT2D eigenvalue weighted by molar-refractivity contribution is 7.46. The molecular formula is C29H58N2Si2. The molecule has 4 heteroatoms. The zero-order valence-electron chi connectivity index (χ0n) is 24.6. The molecule has 33 heavy (non-hydrogen) atoms. The molecule has 0 aromatic rings. The highest BCUT2D eigenvalue weighted by Gasteiger charge is 2.83. The largest absolute Gasteiger partial charge is 0.333 e. The lowest BCUT2D eigenvalue weighted by molar-refractivity contribution is 0.282. The van der Waals surface area contributed by atoms with Crippen LogP contribution in [0.4, 0.5) is 0 Å². The van der Waals surface area contributed by atoms with Gasteiger partial charge in [0.15, 0.2) is 16.5 Å². The van der Waals surface area contributed by atoms with Crippen molar-refractivity contribution in [2.45, 2.75) is 180 Å². The van der Waals surface area contributed by atoms with E-state index >= 15 is 0 Å². The van der Waals surface area contributed by atoms with E-state index in [2.05, 4.69) is 87.3 Å². The summed E-state index contributed by atoms with van der Waals surface area (Å²) >= 11 is 0. The van der Waals surface area contributed by atoms with Crippen LogP contribution in [0, 0.1) is 0 Å². The summed E-state index contributed by atoms with van der Waals surface area (Å²) < 4.78 is 3.40. The van der Waals surface area contributed by atoms with E-state index in [1.165, 1.54) is 64.2 Å². The molecule has 0 N–H and O–H groups in total. The van der Waals surface area contributed by atoms with Crippen molar-refractivity contribution in [3.05, 3.63) is 0 Å². The first kappa shape index (κ1) is 27.6. The van der Waals surface area contributed by atoms with E-state index in [9.17, 15) is 0 Å². The SMILES string of the molecule is CC(C)(C)[Si]1(C(C)(C)C)C(=NC2CCCCC2)[Si](C(C)(C)C)(C(C)(C)C)N1C1CCCCC1. The van der Waals surface area contributed by atoms with Crippen LogP contribution in [0.25, 0.3) is 0 Å². The molecule has 1 aliphatic heterocycles. The summed E-state index contributed by atoms with van der Waals surface area (Å²) in [5, 5.41) is 1.12. The molecule has 2 nitrogen and oxygen atoms in total. The summed E-state index contributed by atoms with van der Waals surface area (Å²) in [6.07, 6.45) is 13.9. The first-order valence-electron chi connectivity index (χ1n) is 14.3. The van der Waals surface area contributed by atoms with Gasteiger partial charge in [-0.05, 0) is 51.9 Å². The number of hydrogen-bond acceptors (Lipinski definition) is 2. The average molecular weight is 491 g/mol. The van der Waals surface area contributed by atoms with Crippen LogP contribution >= 0.6 is 0 Å². The fraction of sp³-hybridized carbons (Fsp3) is 0.966. The average Bonchev–Trinajstić information content (AvgIpc) is 2.62. The Morgan fingerprint density at radius 2 is 0.879 bits per heavy atom. The third-order valence-electron chi connectivity index (χ3n) is 9.58. The molecule has 3 fully saturated rings. The minimum atomic E-state index is -2.09. The number of hydrogen-bond donors (Lipinski definition) is 0. The van der Waals surface area contributed by atoms with E-state index in [4.69, 9.17) is 4.99 Å². The van der Waals surface area contributed by atoms with E-state index < -0.39 is 16.5 Å². The Bertz CT molecular complexity index is 645. The van der Waals surface area contributed by atoms with Gasteiger partial charge in [-0.2, -0.15) is 0 Å². The van der Waals surface area contributed by atoms with Gasteiger partial charge in [0, 0.05) is 11.0 Å². The van der Waals surface area contributed by atoms with Crippen LogP contribution in [0.1, 0.15) is 147 Å². The molecule has 3 rings (SSSR count). The number of nitrogens with zero attached hydrogens (tertiary/aromatic N) is 2. The third-order valence-corrected chi connectivity index (χ3v) is 26.2. The highest BCUT2D eigenvalue weighted by atomic mass is 28.5. The minimum absolute atomic E-state index is 0.281. The second-order valence-corrected chi connectivity index (χ2v) is 27.6. The highest BCUT2D eigenvalue weighted by Crippen LogP contribution is 2.71. The second kappa shape index (κ2) is 8.87. The van der Waals surface area contributed by atoms with Crippen LogP contribution in [-0.4, -0.2) is 37.7 Å². The van der Waals surface area contributed by atoms with Crippen LogP contribution in [0.15, 0.2) is 4.99 Å². The summed E-state index contributed by atoms with van der Waals surface area (Å²) in [4.78, 5) is 7.90. The van der Waals surface area contributed by atoms with Crippen molar-refractivity contribution in [3.8, 4) is 0 Å². The summed E-state index contributed by atoms with van der Waals surface area (Å²) in [6.45, 7) is 31.2. The van der Waals surface area contributed by atoms with E-state index in [0.29, 0.717) is 6.04 Å². The van der Waals surface area contributed by atoms with Gasteiger partial charge in [0.25, 0.3) is 0 Å². The Hall–Kier alpha value is 0.0638. The minimum Gasteiger partial charge on any atom is -0.333 e. The molecule has 1 saturated heterocycles. The summed E-state index contributed by atoms with van der Waals surface area (Å²) in [6, 6.07) is 1.36. The second-order valence-electron chi connectivity index (χ2n) is 15.9. The van der Waals surface area contributed by atoms with Gasteiger partial charge in [-0.15, -0.1) is 0 Å². The first-order valence-corrected chi connectivity index (χ1v) is 18.2. The monoisotopic (exact) mass is 490 g/mol. The van der Waals surface area contributed by atoms with Gasteiger partial charge < -0.3 is 4.23 Å². The maximum atomic E-state index is 6.06. The maximum absolute atomic E-state index is 6.06. The van der Waals surface area contributed by atoms with Crippen molar-refractivity contribution < 1.29 is 0 Å². The molecule has 3 aliphatic rings. The van der Waals surface area contributed by atoms with Gasteiger partial charge in [-0.25, -0.2) is 0 Å². The quantitative estimate of drug-likeness (QED) is 0.352. The zero-order chi connectivity index (χ0) is 25.1. The first-order chi connectivity index (χ1) is 14.9. The van der Waals surface area contributed by atoms with E-state index in [0.717, 1.165) is 6.04 Å². The van der Waals surface area contributed by atoms with Crippen molar-refractivity contribution in [2.75, 3.05) is 0 Å². The summed E-state index contributed by atoms with van der Waals surface area (Å²) in [7, 11) is -4.17. The molecule has 0 spiro atoms. The number of rotatable bonds is 2. The van der Waals surface area contributed by atoms with Gasteiger partial charge in [0.1, 0.15) is 0 Å². The summed E-state index contributed by atoms with van der Waals surface area (Å²) in [5.41, 5.74) is 0. The van der Waals surface area contributed by atoms with Crippen molar-refractivity contribution in [1.29, 1.82) is 0 Å². The molecule has 0 radical (unpaired) electrons. The Balaban J connectivity index is 2.40.